The lowest BCUT2D eigenvalue weighted by molar-refractivity contribution is 0.0873. The zero-order chi connectivity index (χ0) is 13.9. The highest BCUT2D eigenvalue weighted by molar-refractivity contribution is 4.94. The van der Waals surface area contributed by atoms with Gasteiger partial charge in [0.15, 0.2) is 0 Å². The predicted molar refractivity (Wildman–Crippen MR) is 83.5 cm³/mol. The molecule has 0 heterocycles. The van der Waals surface area contributed by atoms with Gasteiger partial charge in [0.1, 0.15) is 0 Å². The van der Waals surface area contributed by atoms with Gasteiger partial charge in [0.25, 0.3) is 0 Å². The van der Waals surface area contributed by atoms with Crippen molar-refractivity contribution in [3.8, 4) is 0 Å². The van der Waals surface area contributed by atoms with Gasteiger partial charge in [-0.1, -0.05) is 39.5 Å². The van der Waals surface area contributed by atoms with Gasteiger partial charge in [-0.3, -0.25) is 0 Å². The minimum Gasteiger partial charge on any atom is -0.312 e. The summed E-state index contributed by atoms with van der Waals surface area (Å²) in [4.78, 5) is 2.49. The maximum absolute atomic E-state index is 3.93. The Morgan fingerprint density at radius 2 is 1.68 bits per heavy atom. The van der Waals surface area contributed by atoms with Crippen LogP contribution in [-0.2, 0) is 0 Å². The molecule has 2 fully saturated rings. The van der Waals surface area contributed by atoms with Crippen LogP contribution in [0.4, 0.5) is 0 Å². The van der Waals surface area contributed by atoms with Gasteiger partial charge in [-0.25, -0.2) is 0 Å². The summed E-state index contributed by atoms with van der Waals surface area (Å²) in [6, 6.07) is 0.752. The van der Waals surface area contributed by atoms with Crippen molar-refractivity contribution in [3.63, 3.8) is 0 Å². The molecule has 0 bridgehead atoms. The highest BCUT2D eigenvalue weighted by atomic mass is 15.2. The van der Waals surface area contributed by atoms with E-state index < -0.39 is 0 Å². The van der Waals surface area contributed by atoms with Crippen LogP contribution in [0.3, 0.4) is 0 Å². The van der Waals surface area contributed by atoms with Gasteiger partial charge < -0.3 is 10.2 Å². The molecule has 2 nitrogen and oxygen atoms in total. The van der Waals surface area contributed by atoms with Gasteiger partial charge in [0, 0.05) is 18.1 Å². The standard InChI is InChI=1S/C17H34N2/c1-16(2)10-8-9-15(13-16)18-14-17(19(3)4)11-6-5-7-12-17/h15,18H,5-14H2,1-4H3. The molecule has 0 radical (unpaired) electrons. The Labute approximate surface area is 120 Å². The lowest BCUT2D eigenvalue weighted by atomic mass is 9.74. The minimum absolute atomic E-state index is 0.430. The molecule has 0 amide bonds. The van der Waals surface area contributed by atoms with Crippen molar-refractivity contribution >= 4 is 0 Å². The smallest absolute Gasteiger partial charge is 0.0327 e. The van der Waals surface area contributed by atoms with Crippen LogP contribution in [0.2, 0.25) is 0 Å². The molecular weight excluding hydrogens is 232 g/mol. The largest absolute Gasteiger partial charge is 0.312 e. The van der Waals surface area contributed by atoms with Gasteiger partial charge in [-0.15, -0.1) is 0 Å². The molecule has 0 spiro atoms. The third kappa shape index (κ3) is 3.95. The van der Waals surface area contributed by atoms with E-state index in [1.165, 1.54) is 64.3 Å². The average Bonchev–Trinajstić information content (AvgIpc) is 2.36. The number of nitrogens with one attached hydrogen (secondary N) is 1. The fourth-order valence-corrected chi connectivity index (χ4v) is 4.20. The third-order valence-electron chi connectivity index (χ3n) is 5.66. The first-order valence-corrected chi connectivity index (χ1v) is 8.34. The Morgan fingerprint density at radius 3 is 2.26 bits per heavy atom. The van der Waals surface area contributed by atoms with Crippen molar-refractivity contribution in [3.05, 3.63) is 0 Å². The second-order valence-corrected chi connectivity index (χ2v) is 8.02. The van der Waals surface area contributed by atoms with Crippen molar-refractivity contribution in [1.82, 2.24) is 10.2 Å². The van der Waals surface area contributed by atoms with E-state index >= 15 is 0 Å². The summed E-state index contributed by atoms with van der Waals surface area (Å²) in [5.74, 6) is 0. The predicted octanol–water partition coefficient (Wildman–Crippen LogP) is 3.81. The monoisotopic (exact) mass is 266 g/mol. The van der Waals surface area contributed by atoms with Crippen molar-refractivity contribution in [2.45, 2.75) is 83.2 Å². The zero-order valence-corrected chi connectivity index (χ0v) is 13.6. The van der Waals surface area contributed by atoms with Crippen LogP contribution in [0.15, 0.2) is 0 Å². The second-order valence-electron chi connectivity index (χ2n) is 8.02. The fraction of sp³-hybridized carbons (Fsp3) is 1.00. The molecule has 0 aromatic rings. The van der Waals surface area contributed by atoms with E-state index in [9.17, 15) is 0 Å². The molecule has 19 heavy (non-hydrogen) atoms. The molecule has 0 aromatic heterocycles. The van der Waals surface area contributed by atoms with E-state index in [4.69, 9.17) is 0 Å². The summed E-state index contributed by atoms with van der Waals surface area (Å²) in [5, 5.41) is 3.93. The van der Waals surface area contributed by atoms with Crippen LogP contribution in [0.5, 0.6) is 0 Å². The van der Waals surface area contributed by atoms with E-state index in [1.54, 1.807) is 0 Å². The van der Waals surface area contributed by atoms with Gasteiger partial charge in [-0.2, -0.15) is 0 Å². The van der Waals surface area contributed by atoms with Crippen LogP contribution < -0.4 is 5.32 Å². The zero-order valence-electron chi connectivity index (χ0n) is 13.6. The molecular formula is C17H34N2. The number of hydrogen-bond donors (Lipinski definition) is 1. The van der Waals surface area contributed by atoms with Gasteiger partial charge >= 0.3 is 0 Å². The molecule has 2 rings (SSSR count). The summed E-state index contributed by atoms with van der Waals surface area (Å²) in [6.07, 6.45) is 12.6. The minimum atomic E-state index is 0.430. The van der Waals surface area contributed by atoms with Crippen molar-refractivity contribution in [2.24, 2.45) is 5.41 Å². The first-order valence-electron chi connectivity index (χ1n) is 8.34. The molecule has 2 saturated carbocycles. The lowest BCUT2D eigenvalue weighted by Gasteiger charge is -2.45. The topological polar surface area (TPSA) is 15.3 Å². The fourth-order valence-electron chi connectivity index (χ4n) is 4.20. The first kappa shape index (κ1) is 15.3. The quantitative estimate of drug-likeness (QED) is 0.832. The van der Waals surface area contributed by atoms with Crippen molar-refractivity contribution in [2.75, 3.05) is 20.6 Å². The number of nitrogens with zero attached hydrogens (tertiary/aromatic N) is 1. The van der Waals surface area contributed by atoms with E-state index in [0.29, 0.717) is 11.0 Å². The molecule has 0 aromatic carbocycles. The Kier molecular flexibility index (Phi) is 4.94. The molecule has 1 unspecified atom stereocenters. The van der Waals surface area contributed by atoms with E-state index in [-0.39, 0.29) is 0 Å². The second kappa shape index (κ2) is 6.13. The average molecular weight is 266 g/mol. The third-order valence-corrected chi connectivity index (χ3v) is 5.66. The summed E-state index contributed by atoms with van der Waals surface area (Å²) < 4.78 is 0. The summed E-state index contributed by atoms with van der Waals surface area (Å²) in [5.41, 5.74) is 0.980. The summed E-state index contributed by atoms with van der Waals surface area (Å²) in [6.45, 7) is 6.06. The van der Waals surface area contributed by atoms with Crippen molar-refractivity contribution in [1.29, 1.82) is 0 Å². The number of hydrogen-bond acceptors (Lipinski definition) is 2. The Morgan fingerprint density at radius 1 is 1.00 bits per heavy atom. The van der Waals surface area contributed by atoms with Gasteiger partial charge in [0.05, 0.1) is 0 Å². The SMILES string of the molecule is CN(C)C1(CNC2CCCC(C)(C)C2)CCCCC1. The Balaban J connectivity index is 1.88. The van der Waals surface area contributed by atoms with E-state index in [0.717, 1.165) is 6.04 Å². The molecule has 1 N–H and O–H groups in total. The van der Waals surface area contributed by atoms with E-state index in [1.807, 2.05) is 0 Å². The number of rotatable bonds is 4. The van der Waals surface area contributed by atoms with Crippen molar-refractivity contribution < 1.29 is 0 Å². The van der Waals surface area contributed by atoms with Crippen LogP contribution in [0.25, 0.3) is 0 Å². The van der Waals surface area contributed by atoms with Crippen LogP contribution in [0.1, 0.15) is 71.6 Å². The molecule has 2 heteroatoms. The highest BCUT2D eigenvalue weighted by Gasteiger charge is 2.35. The summed E-state index contributed by atoms with van der Waals surface area (Å²) in [7, 11) is 4.55. The van der Waals surface area contributed by atoms with Gasteiger partial charge in [-0.05, 0) is 51.6 Å². The molecule has 0 saturated heterocycles. The lowest BCUT2D eigenvalue weighted by Crippen LogP contribution is -2.55. The summed E-state index contributed by atoms with van der Waals surface area (Å²) >= 11 is 0. The maximum atomic E-state index is 3.93. The maximum Gasteiger partial charge on any atom is 0.0327 e. The highest BCUT2D eigenvalue weighted by Crippen LogP contribution is 2.36. The molecule has 2 aliphatic rings. The normalized spacial score (nSPS) is 30.5. The van der Waals surface area contributed by atoms with Crippen LogP contribution in [0, 0.1) is 5.41 Å². The van der Waals surface area contributed by atoms with E-state index in [2.05, 4.69) is 38.2 Å². The van der Waals surface area contributed by atoms with Gasteiger partial charge in [0.2, 0.25) is 0 Å². The van der Waals surface area contributed by atoms with Crippen LogP contribution >= 0.6 is 0 Å². The molecule has 0 aliphatic heterocycles. The Bertz CT molecular complexity index is 277. The Hall–Kier alpha value is -0.0800. The number of likely N-dealkylation sites (N-methyl/N-ethyl adjacent to an activating group) is 1. The molecule has 2 aliphatic carbocycles. The van der Waals surface area contributed by atoms with Crippen LogP contribution in [-0.4, -0.2) is 37.1 Å². The molecule has 112 valence electrons. The molecule has 1 atom stereocenters. The first-order chi connectivity index (χ1) is 8.94.